The molecule has 2 rings (SSSR count). The Morgan fingerprint density at radius 3 is 3.29 bits per heavy atom. The molecule has 1 aromatic rings. The van der Waals surface area contributed by atoms with E-state index in [1.54, 1.807) is 11.3 Å². The van der Waals surface area contributed by atoms with E-state index in [9.17, 15) is 4.79 Å². The van der Waals surface area contributed by atoms with E-state index in [2.05, 4.69) is 15.2 Å². The van der Waals surface area contributed by atoms with Crippen LogP contribution in [0, 0.1) is 0 Å². The highest BCUT2D eigenvalue weighted by molar-refractivity contribution is 7.13. The Labute approximate surface area is 106 Å². The standard InChI is InChI=1S/C12H19N3OS/c1-2-4-11(16)14-9-10-5-3-7-15(10)12-13-6-8-17-12/h6,8,10H,2-5,7,9H2,1H3,(H,14,16). The van der Waals surface area contributed by atoms with Crippen LogP contribution in [0.3, 0.4) is 0 Å². The molecule has 5 heteroatoms. The fourth-order valence-corrected chi connectivity index (χ4v) is 2.95. The van der Waals surface area contributed by atoms with Crippen molar-refractivity contribution in [1.82, 2.24) is 10.3 Å². The Bertz CT molecular complexity index is 353. The van der Waals surface area contributed by atoms with Gasteiger partial charge in [0.25, 0.3) is 0 Å². The van der Waals surface area contributed by atoms with Crippen molar-refractivity contribution in [2.45, 2.75) is 38.6 Å². The van der Waals surface area contributed by atoms with Crippen LogP contribution in [-0.4, -0.2) is 30.0 Å². The number of thiazole rings is 1. The molecule has 1 aromatic heterocycles. The molecule has 1 saturated heterocycles. The van der Waals surface area contributed by atoms with Crippen LogP contribution < -0.4 is 10.2 Å². The highest BCUT2D eigenvalue weighted by Crippen LogP contribution is 2.26. The molecule has 1 fully saturated rings. The zero-order chi connectivity index (χ0) is 12.1. The summed E-state index contributed by atoms with van der Waals surface area (Å²) in [5, 5.41) is 6.09. The number of rotatable bonds is 5. The van der Waals surface area contributed by atoms with Gasteiger partial charge >= 0.3 is 0 Å². The summed E-state index contributed by atoms with van der Waals surface area (Å²) < 4.78 is 0. The first kappa shape index (κ1) is 12.4. The van der Waals surface area contributed by atoms with E-state index >= 15 is 0 Å². The molecule has 0 aliphatic carbocycles. The van der Waals surface area contributed by atoms with E-state index in [0.717, 1.165) is 31.1 Å². The second kappa shape index (κ2) is 6.00. The molecule has 1 aliphatic heterocycles. The molecule has 0 bridgehead atoms. The number of aromatic nitrogens is 1. The highest BCUT2D eigenvalue weighted by atomic mass is 32.1. The summed E-state index contributed by atoms with van der Waals surface area (Å²) >= 11 is 1.67. The summed E-state index contributed by atoms with van der Waals surface area (Å²) in [5.74, 6) is 0.165. The topological polar surface area (TPSA) is 45.2 Å². The van der Waals surface area contributed by atoms with E-state index in [1.807, 2.05) is 18.5 Å². The average Bonchev–Trinajstić information content (AvgIpc) is 2.97. The number of carbonyl (C=O) groups is 1. The van der Waals surface area contributed by atoms with Crippen LogP contribution in [0.25, 0.3) is 0 Å². The maximum Gasteiger partial charge on any atom is 0.220 e. The predicted octanol–water partition coefficient (Wildman–Crippen LogP) is 2.03. The maximum atomic E-state index is 11.5. The second-order valence-electron chi connectivity index (χ2n) is 4.36. The fourth-order valence-electron chi connectivity index (χ4n) is 2.20. The van der Waals surface area contributed by atoms with Crippen LogP contribution in [0.4, 0.5) is 5.13 Å². The molecule has 0 aromatic carbocycles. The highest BCUT2D eigenvalue weighted by Gasteiger charge is 2.26. The Morgan fingerprint density at radius 1 is 1.71 bits per heavy atom. The Kier molecular flexibility index (Phi) is 4.36. The minimum Gasteiger partial charge on any atom is -0.354 e. The third kappa shape index (κ3) is 3.19. The summed E-state index contributed by atoms with van der Waals surface area (Å²) in [6, 6.07) is 0.418. The lowest BCUT2D eigenvalue weighted by atomic mass is 10.2. The van der Waals surface area contributed by atoms with Gasteiger partial charge in [0, 0.05) is 37.1 Å². The van der Waals surface area contributed by atoms with Crippen LogP contribution in [0.1, 0.15) is 32.6 Å². The second-order valence-corrected chi connectivity index (χ2v) is 5.23. The Balaban J connectivity index is 1.85. The number of amides is 1. The van der Waals surface area contributed by atoms with Crippen molar-refractivity contribution in [2.24, 2.45) is 0 Å². The lowest BCUT2D eigenvalue weighted by Gasteiger charge is -2.24. The molecule has 0 radical (unpaired) electrons. The van der Waals surface area contributed by atoms with Crippen molar-refractivity contribution in [2.75, 3.05) is 18.0 Å². The summed E-state index contributed by atoms with van der Waals surface area (Å²) in [6.45, 7) is 3.83. The number of nitrogens with zero attached hydrogens (tertiary/aromatic N) is 2. The van der Waals surface area contributed by atoms with Gasteiger partial charge in [0.05, 0.1) is 0 Å². The molecule has 1 aliphatic rings. The lowest BCUT2D eigenvalue weighted by molar-refractivity contribution is -0.121. The lowest BCUT2D eigenvalue weighted by Crippen LogP contribution is -2.40. The first-order chi connectivity index (χ1) is 8.31. The van der Waals surface area contributed by atoms with E-state index in [-0.39, 0.29) is 5.91 Å². The zero-order valence-electron chi connectivity index (χ0n) is 10.2. The molecule has 17 heavy (non-hydrogen) atoms. The largest absolute Gasteiger partial charge is 0.354 e. The van der Waals surface area contributed by atoms with Crippen molar-refractivity contribution in [3.05, 3.63) is 11.6 Å². The molecule has 4 nitrogen and oxygen atoms in total. The van der Waals surface area contributed by atoms with Crippen molar-refractivity contribution >= 4 is 22.4 Å². The van der Waals surface area contributed by atoms with Gasteiger partial charge in [0.2, 0.25) is 5.91 Å². The van der Waals surface area contributed by atoms with Gasteiger partial charge in [-0.05, 0) is 19.3 Å². The van der Waals surface area contributed by atoms with Crippen molar-refractivity contribution in [3.8, 4) is 0 Å². The number of hydrogen-bond acceptors (Lipinski definition) is 4. The van der Waals surface area contributed by atoms with Gasteiger partial charge in [0.1, 0.15) is 0 Å². The van der Waals surface area contributed by atoms with E-state index in [4.69, 9.17) is 0 Å². The van der Waals surface area contributed by atoms with Gasteiger partial charge in [-0.2, -0.15) is 0 Å². The molecular weight excluding hydrogens is 234 g/mol. The fraction of sp³-hybridized carbons (Fsp3) is 0.667. The Morgan fingerprint density at radius 2 is 2.59 bits per heavy atom. The average molecular weight is 253 g/mol. The summed E-state index contributed by atoms with van der Waals surface area (Å²) in [5.41, 5.74) is 0. The van der Waals surface area contributed by atoms with Crippen molar-refractivity contribution in [3.63, 3.8) is 0 Å². The molecule has 0 saturated carbocycles. The molecule has 0 spiro atoms. The smallest absolute Gasteiger partial charge is 0.220 e. The molecule has 1 amide bonds. The van der Waals surface area contributed by atoms with Crippen LogP contribution in [-0.2, 0) is 4.79 Å². The number of hydrogen-bond donors (Lipinski definition) is 1. The first-order valence-electron chi connectivity index (χ1n) is 6.24. The van der Waals surface area contributed by atoms with Crippen LogP contribution in [0.5, 0.6) is 0 Å². The summed E-state index contributed by atoms with van der Waals surface area (Å²) in [7, 11) is 0. The van der Waals surface area contributed by atoms with Crippen LogP contribution in [0.15, 0.2) is 11.6 Å². The molecule has 94 valence electrons. The zero-order valence-corrected chi connectivity index (χ0v) is 11.0. The number of carbonyl (C=O) groups excluding carboxylic acids is 1. The quantitative estimate of drug-likeness (QED) is 0.873. The van der Waals surface area contributed by atoms with Gasteiger partial charge < -0.3 is 10.2 Å². The van der Waals surface area contributed by atoms with Crippen molar-refractivity contribution in [1.29, 1.82) is 0 Å². The van der Waals surface area contributed by atoms with Gasteiger partial charge in [0.15, 0.2) is 5.13 Å². The number of nitrogens with one attached hydrogen (secondary N) is 1. The molecule has 1 N–H and O–H groups in total. The predicted molar refractivity (Wildman–Crippen MR) is 70.4 cm³/mol. The minimum absolute atomic E-state index is 0.165. The third-order valence-electron chi connectivity index (χ3n) is 3.05. The minimum atomic E-state index is 0.165. The molecule has 2 heterocycles. The summed E-state index contributed by atoms with van der Waals surface area (Å²) in [6.07, 6.45) is 5.71. The van der Waals surface area contributed by atoms with Gasteiger partial charge in [-0.25, -0.2) is 4.98 Å². The monoisotopic (exact) mass is 253 g/mol. The normalized spacial score (nSPS) is 19.6. The van der Waals surface area contributed by atoms with Gasteiger partial charge in [-0.1, -0.05) is 6.92 Å². The van der Waals surface area contributed by atoms with Gasteiger partial charge in [-0.3, -0.25) is 4.79 Å². The van der Waals surface area contributed by atoms with E-state index in [0.29, 0.717) is 12.5 Å². The SMILES string of the molecule is CCCC(=O)NCC1CCCN1c1nccs1. The van der Waals surface area contributed by atoms with Gasteiger partial charge in [-0.15, -0.1) is 11.3 Å². The molecule has 1 atom stereocenters. The molecule has 1 unspecified atom stereocenters. The van der Waals surface area contributed by atoms with Crippen LogP contribution in [0.2, 0.25) is 0 Å². The van der Waals surface area contributed by atoms with Crippen molar-refractivity contribution < 1.29 is 4.79 Å². The number of anilines is 1. The summed E-state index contributed by atoms with van der Waals surface area (Å²) in [4.78, 5) is 18.1. The van der Waals surface area contributed by atoms with E-state index < -0.39 is 0 Å². The molecular formula is C12H19N3OS. The maximum absolute atomic E-state index is 11.5. The third-order valence-corrected chi connectivity index (χ3v) is 3.86. The van der Waals surface area contributed by atoms with Crippen LogP contribution >= 0.6 is 11.3 Å². The first-order valence-corrected chi connectivity index (χ1v) is 7.12. The van der Waals surface area contributed by atoms with E-state index in [1.165, 1.54) is 6.42 Å². The Hall–Kier alpha value is -1.10.